The average molecular weight is 287 g/mol. The fourth-order valence-corrected chi connectivity index (χ4v) is 2.22. The number of aryl methyl sites for hydroxylation is 2. The molecule has 0 aliphatic heterocycles. The first kappa shape index (κ1) is 15.0. The molecule has 6 heteroatoms. The summed E-state index contributed by atoms with van der Waals surface area (Å²) >= 11 is 0. The standard InChI is InChI=1S/C15H21N5O/c1-4-13-11(2)14(20(3)19-13)18-15(21)17-10-7-12-5-8-16-9-6-12/h5-6,8-9H,4,7,10H2,1-3H3,(H2,17,18,21). The molecule has 2 amide bonds. The maximum absolute atomic E-state index is 11.9. The van der Waals surface area contributed by atoms with Crippen LogP contribution in [0.4, 0.5) is 10.6 Å². The monoisotopic (exact) mass is 287 g/mol. The topological polar surface area (TPSA) is 71.8 Å². The zero-order valence-electron chi connectivity index (χ0n) is 12.7. The van der Waals surface area contributed by atoms with Crippen LogP contribution in [0.3, 0.4) is 0 Å². The predicted octanol–water partition coefficient (Wildman–Crippen LogP) is 2.05. The molecule has 2 aromatic rings. The van der Waals surface area contributed by atoms with Crippen molar-refractivity contribution >= 4 is 11.8 Å². The summed E-state index contributed by atoms with van der Waals surface area (Å²) in [4.78, 5) is 15.9. The number of carbonyl (C=O) groups excluding carboxylic acids is 1. The number of urea groups is 1. The Balaban J connectivity index is 1.86. The Morgan fingerprint density at radius 2 is 2.05 bits per heavy atom. The molecule has 6 nitrogen and oxygen atoms in total. The van der Waals surface area contributed by atoms with Crippen molar-refractivity contribution in [1.82, 2.24) is 20.1 Å². The number of rotatable bonds is 5. The number of pyridine rings is 1. The minimum atomic E-state index is -0.210. The molecule has 0 saturated carbocycles. The largest absolute Gasteiger partial charge is 0.337 e. The van der Waals surface area contributed by atoms with Gasteiger partial charge in [0.1, 0.15) is 5.82 Å². The first-order valence-corrected chi connectivity index (χ1v) is 7.08. The average Bonchev–Trinajstić information content (AvgIpc) is 2.76. The quantitative estimate of drug-likeness (QED) is 0.884. The molecule has 0 aliphatic carbocycles. The van der Waals surface area contributed by atoms with Crippen molar-refractivity contribution in [2.45, 2.75) is 26.7 Å². The zero-order valence-corrected chi connectivity index (χ0v) is 12.7. The molecule has 0 saturated heterocycles. The lowest BCUT2D eigenvalue weighted by molar-refractivity contribution is 0.252. The van der Waals surface area contributed by atoms with E-state index in [4.69, 9.17) is 0 Å². The van der Waals surface area contributed by atoms with Crippen LogP contribution >= 0.6 is 0 Å². The second-order valence-electron chi connectivity index (χ2n) is 4.88. The summed E-state index contributed by atoms with van der Waals surface area (Å²) in [6.07, 6.45) is 5.13. The van der Waals surface area contributed by atoms with Gasteiger partial charge < -0.3 is 5.32 Å². The highest BCUT2D eigenvalue weighted by molar-refractivity contribution is 5.89. The molecule has 0 atom stereocenters. The van der Waals surface area contributed by atoms with Gasteiger partial charge in [-0.2, -0.15) is 5.10 Å². The van der Waals surface area contributed by atoms with Gasteiger partial charge in [-0.1, -0.05) is 6.92 Å². The van der Waals surface area contributed by atoms with Gasteiger partial charge in [-0.25, -0.2) is 4.79 Å². The Labute approximate surface area is 124 Å². The van der Waals surface area contributed by atoms with Crippen LogP contribution in [0.25, 0.3) is 0 Å². The molecule has 0 aliphatic rings. The number of amides is 2. The number of anilines is 1. The zero-order chi connectivity index (χ0) is 15.2. The molecular formula is C15H21N5O. The van der Waals surface area contributed by atoms with Crippen LogP contribution in [0.2, 0.25) is 0 Å². The molecular weight excluding hydrogens is 266 g/mol. The number of aromatic nitrogens is 3. The van der Waals surface area contributed by atoms with Gasteiger partial charge in [0.15, 0.2) is 0 Å². The van der Waals surface area contributed by atoms with Gasteiger partial charge in [0.25, 0.3) is 0 Å². The molecule has 0 aromatic carbocycles. The van der Waals surface area contributed by atoms with Crippen molar-refractivity contribution in [3.63, 3.8) is 0 Å². The van der Waals surface area contributed by atoms with Crippen LogP contribution in [0.1, 0.15) is 23.7 Å². The second kappa shape index (κ2) is 6.88. The van der Waals surface area contributed by atoms with E-state index >= 15 is 0 Å². The fraction of sp³-hybridized carbons (Fsp3) is 0.400. The maximum Gasteiger partial charge on any atom is 0.320 e. The van der Waals surface area contributed by atoms with Gasteiger partial charge in [0.2, 0.25) is 0 Å². The third-order valence-electron chi connectivity index (χ3n) is 3.40. The van der Waals surface area contributed by atoms with Crippen molar-refractivity contribution < 1.29 is 4.79 Å². The molecule has 0 spiro atoms. The Bertz CT molecular complexity index is 606. The van der Waals surface area contributed by atoms with E-state index in [0.29, 0.717) is 6.54 Å². The van der Waals surface area contributed by atoms with Crippen LogP contribution < -0.4 is 10.6 Å². The van der Waals surface area contributed by atoms with E-state index in [1.54, 1.807) is 17.1 Å². The molecule has 112 valence electrons. The van der Waals surface area contributed by atoms with Gasteiger partial charge in [-0.15, -0.1) is 0 Å². The van der Waals surface area contributed by atoms with Crippen molar-refractivity contribution in [2.75, 3.05) is 11.9 Å². The Hall–Kier alpha value is -2.37. The summed E-state index contributed by atoms with van der Waals surface area (Å²) in [6, 6.07) is 3.68. The van der Waals surface area contributed by atoms with Crippen molar-refractivity contribution in [2.24, 2.45) is 7.05 Å². The molecule has 2 heterocycles. The van der Waals surface area contributed by atoms with E-state index in [1.807, 2.05) is 33.0 Å². The predicted molar refractivity (Wildman–Crippen MR) is 82.3 cm³/mol. The van der Waals surface area contributed by atoms with Crippen LogP contribution in [-0.2, 0) is 19.9 Å². The molecule has 0 unspecified atom stereocenters. The van der Waals surface area contributed by atoms with Gasteiger partial charge in [-0.3, -0.25) is 15.0 Å². The number of hydrogen-bond donors (Lipinski definition) is 2. The normalized spacial score (nSPS) is 10.4. The number of nitrogens with zero attached hydrogens (tertiary/aromatic N) is 3. The molecule has 2 rings (SSSR count). The van der Waals surface area contributed by atoms with Crippen molar-refractivity contribution in [3.05, 3.63) is 41.3 Å². The summed E-state index contributed by atoms with van der Waals surface area (Å²) in [6.45, 7) is 4.60. The second-order valence-corrected chi connectivity index (χ2v) is 4.88. The molecule has 0 radical (unpaired) electrons. The molecule has 2 N–H and O–H groups in total. The fourth-order valence-electron chi connectivity index (χ4n) is 2.22. The highest BCUT2D eigenvalue weighted by atomic mass is 16.2. The summed E-state index contributed by atoms with van der Waals surface area (Å²) in [7, 11) is 1.83. The van der Waals surface area contributed by atoms with E-state index in [1.165, 1.54) is 0 Å². The molecule has 0 fully saturated rings. The van der Waals surface area contributed by atoms with E-state index < -0.39 is 0 Å². The lowest BCUT2D eigenvalue weighted by atomic mass is 10.2. The maximum atomic E-state index is 11.9. The van der Waals surface area contributed by atoms with Gasteiger partial charge in [0, 0.05) is 31.5 Å². The number of nitrogens with one attached hydrogen (secondary N) is 2. The summed E-state index contributed by atoms with van der Waals surface area (Å²) in [5, 5.41) is 10.1. The Morgan fingerprint density at radius 1 is 1.33 bits per heavy atom. The Morgan fingerprint density at radius 3 is 2.67 bits per heavy atom. The van der Waals surface area contributed by atoms with E-state index in [9.17, 15) is 4.79 Å². The van der Waals surface area contributed by atoms with E-state index in [0.717, 1.165) is 35.5 Å². The summed E-state index contributed by atoms with van der Waals surface area (Å²) in [5.41, 5.74) is 3.17. The van der Waals surface area contributed by atoms with Gasteiger partial charge in [0.05, 0.1) is 5.69 Å². The first-order chi connectivity index (χ1) is 10.1. The lowest BCUT2D eigenvalue weighted by Crippen LogP contribution is -2.31. The first-order valence-electron chi connectivity index (χ1n) is 7.08. The smallest absolute Gasteiger partial charge is 0.320 e. The highest BCUT2D eigenvalue weighted by Gasteiger charge is 2.13. The van der Waals surface area contributed by atoms with E-state index in [-0.39, 0.29) is 6.03 Å². The third-order valence-corrected chi connectivity index (χ3v) is 3.40. The van der Waals surface area contributed by atoms with Crippen LogP contribution in [0, 0.1) is 6.92 Å². The number of hydrogen-bond acceptors (Lipinski definition) is 3. The summed E-state index contributed by atoms with van der Waals surface area (Å²) < 4.78 is 1.70. The summed E-state index contributed by atoms with van der Waals surface area (Å²) in [5.74, 6) is 0.744. The molecule has 21 heavy (non-hydrogen) atoms. The van der Waals surface area contributed by atoms with Gasteiger partial charge >= 0.3 is 6.03 Å². The minimum Gasteiger partial charge on any atom is -0.337 e. The SMILES string of the molecule is CCc1nn(C)c(NC(=O)NCCc2ccncc2)c1C. The van der Waals surface area contributed by atoms with Crippen LogP contribution in [0.15, 0.2) is 24.5 Å². The highest BCUT2D eigenvalue weighted by Crippen LogP contribution is 2.17. The van der Waals surface area contributed by atoms with Crippen LogP contribution in [-0.4, -0.2) is 27.3 Å². The van der Waals surface area contributed by atoms with Gasteiger partial charge in [-0.05, 0) is 37.5 Å². The Kier molecular flexibility index (Phi) is 4.92. The van der Waals surface area contributed by atoms with E-state index in [2.05, 4.69) is 20.7 Å². The molecule has 2 aromatic heterocycles. The molecule has 0 bridgehead atoms. The number of carbonyl (C=O) groups is 1. The van der Waals surface area contributed by atoms with Crippen molar-refractivity contribution in [3.8, 4) is 0 Å². The lowest BCUT2D eigenvalue weighted by Gasteiger charge is -2.08. The third kappa shape index (κ3) is 3.81. The minimum absolute atomic E-state index is 0.210. The van der Waals surface area contributed by atoms with Crippen molar-refractivity contribution in [1.29, 1.82) is 0 Å². The van der Waals surface area contributed by atoms with Crippen LogP contribution in [0.5, 0.6) is 0 Å².